The second kappa shape index (κ2) is 17.1. The molecule has 1 fully saturated rings. The highest BCUT2D eigenvalue weighted by atomic mass is 32.2. The Morgan fingerprint density at radius 1 is 0.583 bits per heavy atom. The Morgan fingerprint density at radius 3 is 1.42 bits per heavy atom. The summed E-state index contributed by atoms with van der Waals surface area (Å²) in [5, 5.41) is 0. The topological polar surface area (TPSA) is 114 Å². The van der Waals surface area contributed by atoms with E-state index in [0.717, 1.165) is 0 Å². The number of carbonyl (C=O) groups is 4. The predicted octanol–water partition coefficient (Wildman–Crippen LogP) is 6.55. The van der Waals surface area contributed by atoms with Crippen LogP contribution in [-0.2, 0) is 23.7 Å². The quantitative estimate of drug-likeness (QED) is 0.0673. The SMILES string of the molecule is C=CCCSC1OC(COC(=O)c2ccccc2)C(OC(=O)c2ccccc2)C(OC(=O)c2ccccc2)C1OC(=O)c1ccccc1. The minimum atomic E-state index is -1.37. The van der Waals surface area contributed by atoms with E-state index in [1.807, 2.05) is 0 Å². The first kappa shape index (κ1) is 34.2. The number of esters is 4. The van der Waals surface area contributed by atoms with Crippen LogP contribution in [0.1, 0.15) is 47.9 Å². The fraction of sp³-hybridized carbons (Fsp3) is 0.211. The number of ether oxygens (including phenoxy) is 5. The van der Waals surface area contributed by atoms with Crippen molar-refractivity contribution in [1.82, 2.24) is 0 Å². The molecule has 0 spiro atoms. The fourth-order valence-electron chi connectivity index (χ4n) is 4.93. The monoisotopic (exact) mass is 666 g/mol. The molecule has 0 aromatic heterocycles. The van der Waals surface area contributed by atoms with Gasteiger partial charge < -0.3 is 23.7 Å². The van der Waals surface area contributed by atoms with Crippen molar-refractivity contribution in [3.8, 4) is 0 Å². The molecule has 5 rings (SSSR count). The summed E-state index contributed by atoms with van der Waals surface area (Å²) >= 11 is 1.30. The number of carbonyl (C=O) groups excluding carboxylic acids is 4. The average Bonchev–Trinajstić information content (AvgIpc) is 3.14. The molecule has 4 aromatic carbocycles. The van der Waals surface area contributed by atoms with Gasteiger partial charge in [0.2, 0.25) is 0 Å². The number of benzene rings is 4. The third kappa shape index (κ3) is 8.99. The van der Waals surface area contributed by atoms with Gasteiger partial charge in [0.05, 0.1) is 22.3 Å². The lowest BCUT2D eigenvalue weighted by Crippen LogP contribution is -2.61. The number of hydrogen-bond acceptors (Lipinski definition) is 10. The van der Waals surface area contributed by atoms with E-state index in [4.69, 9.17) is 23.7 Å². The Bertz CT molecular complexity index is 1670. The Kier molecular flexibility index (Phi) is 12.2. The van der Waals surface area contributed by atoms with Crippen molar-refractivity contribution < 1.29 is 42.9 Å². The second-order valence-corrected chi connectivity index (χ2v) is 11.9. The van der Waals surface area contributed by atoms with Crippen LogP contribution in [0.15, 0.2) is 134 Å². The van der Waals surface area contributed by atoms with Crippen LogP contribution < -0.4 is 0 Å². The van der Waals surface area contributed by atoms with Crippen LogP contribution in [-0.4, -0.2) is 66.1 Å². The summed E-state index contributed by atoms with van der Waals surface area (Å²) in [5.41, 5.74) is 0.111. The molecule has 4 aromatic rings. The molecule has 1 saturated heterocycles. The van der Waals surface area contributed by atoms with Crippen molar-refractivity contribution in [1.29, 1.82) is 0 Å². The molecule has 0 N–H and O–H groups in total. The summed E-state index contributed by atoms with van der Waals surface area (Å²) in [4.78, 5) is 53.6. The van der Waals surface area contributed by atoms with Crippen molar-refractivity contribution in [2.45, 2.75) is 36.3 Å². The fourth-order valence-corrected chi connectivity index (χ4v) is 6.09. The van der Waals surface area contributed by atoms with Crippen molar-refractivity contribution in [3.63, 3.8) is 0 Å². The molecule has 0 saturated carbocycles. The Morgan fingerprint density at radius 2 is 0.979 bits per heavy atom. The molecule has 48 heavy (non-hydrogen) atoms. The zero-order chi connectivity index (χ0) is 33.7. The first-order valence-electron chi connectivity index (χ1n) is 15.3. The first-order valence-corrected chi connectivity index (χ1v) is 16.4. The van der Waals surface area contributed by atoms with E-state index in [2.05, 4.69) is 6.58 Å². The summed E-state index contributed by atoms with van der Waals surface area (Å²) in [6, 6.07) is 33.2. The molecule has 10 heteroatoms. The van der Waals surface area contributed by atoms with Crippen LogP contribution in [0, 0.1) is 0 Å². The van der Waals surface area contributed by atoms with E-state index in [0.29, 0.717) is 17.7 Å². The average molecular weight is 667 g/mol. The van der Waals surface area contributed by atoms with Crippen molar-refractivity contribution in [3.05, 3.63) is 156 Å². The number of thioether (sulfide) groups is 1. The third-order valence-corrected chi connectivity index (χ3v) is 8.52. The number of rotatable bonds is 13. The zero-order valence-corrected chi connectivity index (χ0v) is 26.7. The van der Waals surface area contributed by atoms with E-state index in [9.17, 15) is 19.2 Å². The van der Waals surface area contributed by atoms with E-state index >= 15 is 0 Å². The Labute approximate surface area is 282 Å². The normalized spacial score (nSPS) is 20.1. The van der Waals surface area contributed by atoms with Gasteiger partial charge in [0, 0.05) is 0 Å². The molecule has 0 aliphatic carbocycles. The third-order valence-electron chi connectivity index (χ3n) is 7.34. The van der Waals surface area contributed by atoms with Crippen LogP contribution >= 0.6 is 11.8 Å². The Balaban J connectivity index is 1.53. The maximum absolute atomic E-state index is 13.6. The zero-order valence-electron chi connectivity index (χ0n) is 25.9. The van der Waals surface area contributed by atoms with E-state index in [1.165, 1.54) is 11.8 Å². The van der Waals surface area contributed by atoms with Crippen molar-refractivity contribution in [2.75, 3.05) is 12.4 Å². The van der Waals surface area contributed by atoms with Crippen LogP contribution in [0.2, 0.25) is 0 Å². The summed E-state index contributed by atoms with van der Waals surface area (Å²) in [7, 11) is 0. The van der Waals surface area contributed by atoms with Gasteiger partial charge in [-0.25, -0.2) is 19.2 Å². The minimum Gasteiger partial charge on any atom is -0.459 e. The number of allylic oxidation sites excluding steroid dienone is 1. The highest BCUT2D eigenvalue weighted by molar-refractivity contribution is 7.99. The van der Waals surface area contributed by atoms with Gasteiger partial charge in [0.25, 0.3) is 0 Å². The van der Waals surface area contributed by atoms with E-state index in [1.54, 1.807) is 127 Å². The molecule has 1 heterocycles. The van der Waals surface area contributed by atoms with E-state index < -0.39 is 53.7 Å². The summed E-state index contributed by atoms with van der Waals surface area (Å²) in [5.74, 6) is -2.29. The van der Waals surface area contributed by atoms with Gasteiger partial charge in [-0.15, -0.1) is 18.3 Å². The van der Waals surface area contributed by atoms with Gasteiger partial charge in [0.15, 0.2) is 18.3 Å². The highest BCUT2D eigenvalue weighted by Gasteiger charge is 2.53. The smallest absolute Gasteiger partial charge is 0.338 e. The number of hydrogen-bond donors (Lipinski definition) is 0. The summed E-state index contributed by atoms with van der Waals surface area (Å²) < 4.78 is 30.2. The molecule has 1 aliphatic heterocycles. The largest absolute Gasteiger partial charge is 0.459 e. The first-order chi connectivity index (χ1) is 23.4. The minimum absolute atomic E-state index is 0.228. The van der Waals surface area contributed by atoms with Crippen LogP contribution in [0.4, 0.5) is 0 Å². The van der Waals surface area contributed by atoms with Gasteiger partial charge in [-0.05, 0) is 60.7 Å². The molecule has 5 unspecified atom stereocenters. The van der Waals surface area contributed by atoms with Crippen molar-refractivity contribution >= 4 is 35.6 Å². The predicted molar refractivity (Wildman–Crippen MR) is 180 cm³/mol. The molecule has 5 atom stereocenters. The highest BCUT2D eigenvalue weighted by Crippen LogP contribution is 2.36. The molecule has 0 amide bonds. The maximum Gasteiger partial charge on any atom is 0.338 e. The molecular weight excluding hydrogens is 632 g/mol. The van der Waals surface area contributed by atoms with Crippen molar-refractivity contribution in [2.24, 2.45) is 0 Å². The standard InChI is InChI=1S/C38H34O9S/c1-2-3-24-48-38-33(47-37(42)29-22-14-7-15-23-29)32(46-36(41)28-20-12-6-13-21-28)31(45-35(40)27-18-10-5-11-19-27)30(44-38)25-43-34(39)26-16-8-4-9-17-26/h2,4-23,30-33,38H,1,3,24-25H2. The van der Waals surface area contributed by atoms with E-state index in [-0.39, 0.29) is 23.3 Å². The van der Waals surface area contributed by atoms with Crippen LogP contribution in [0.3, 0.4) is 0 Å². The van der Waals surface area contributed by atoms with Gasteiger partial charge in [-0.1, -0.05) is 78.9 Å². The second-order valence-electron chi connectivity index (χ2n) is 10.7. The summed E-state index contributed by atoms with van der Waals surface area (Å²) in [6.45, 7) is 3.42. The summed E-state index contributed by atoms with van der Waals surface area (Å²) in [6.07, 6.45) is -2.76. The van der Waals surface area contributed by atoms with Gasteiger partial charge >= 0.3 is 23.9 Å². The van der Waals surface area contributed by atoms with Crippen LogP contribution in [0.25, 0.3) is 0 Å². The molecule has 0 radical (unpaired) electrons. The molecule has 1 aliphatic rings. The van der Waals surface area contributed by atoms with Gasteiger partial charge in [-0.2, -0.15) is 0 Å². The van der Waals surface area contributed by atoms with Crippen LogP contribution in [0.5, 0.6) is 0 Å². The lowest BCUT2D eigenvalue weighted by atomic mass is 9.98. The molecule has 246 valence electrons. The van der Waals surface area contributed by atoms with Gasteiger partial charge in [0.1, 0.15) is 18.1 Å². The lowest BCUT2D eigenvalue weighted by Gasteiger charge is -2.44. The molecular formula is C38H34O9S. The Hall–Kier alpha value is -5.19. The molecule has 0 bridgehead atoms. The maximum atomic E-state index is 13.6. The molecule has 9 nitrogen and oxygen atoms in total. The van der Waals surface area contributed by atoms with Gasteiger partial charge in [-0.3, -0.25) is 0 Å². The lowest BCUT2D eigenvalue weighted by molar-refractivity contribution is -0.207.